The molecule has 4 N–H and O–H groups in total. The van der Waals surface area contributed by atoms with Gasteiger partial charge >= 0.3 is 0 Å². The molecule has 0 aliphatic heterocycles. The van der Waals surface area contributed by atoms with Crippen LogP contribution in [0, 0.1) is 17.8 Å². The van der Waals surface area contributed by atoms with Crippen molar-refractivity contribution >= 4 is 37.8 Å². The molecule has 7 nitrogen and oxygen atoms in total. The zero-order chi connectivity index (χ0) is 22.8. The van der Waals surface area contributed by atoms with E-state index in [1.807, 2.05) is 19.1 Å². The van der Waals surface area contributed by atoms with Crippen LogP contribution in [0.5, 0.6) is 0 Å². The number of benzene rings is 1. The van der Waals surface area contributed by atoms with Crippen molar-refractivity contribution in [2.75, 3.05) is 11.9 Å². The van der Waals surface area contributed by atoms with Crippen molar-refractivity contribution in [3.05, 3.63) is 47.4 Å². The molecule has 1 saturated carbocycles. The van der Waals surface area contributed by atoms with Crippen molar-refractivity contribution < 1.29 is 10.2 Å². The number of aliphatic hydroxyl groups is 2. The predicted octanol–water partition coefficient (Wildman–Crippen LogP) is 3.85. The number of imidazole rings is 1. The zero-order valence-electron chi connectivity index (χ0n) is 18.5. The number of H-pyrrole nitrogens is 1. The van der Waals surface area contributed by atoms with Gasteiger partial charge in [-0.15, -0.1) is 0 Å². The van der Waals surface area contributed by atoms with Crippen LogP contribution in [-0.2, 0) is 6.42 Å². The number of hydrogen-bond acceptors (Lipinski definition) is 7. The number of aromatic nitrogens is 4. The summed E-state index contributed by atoms with van der Waals surface area (Å²) in [4.78, 5) is 17.1. The molecule has 4 aromatic rings. The van der Waals surface area contributed by atoms with E-state index in [0.29, 0.717) is 12.1 Å². The molecule has 0 saturated heterocycles. The molecule has 0 amide bonds. The third-order valence-electron chi connectivity index (χ3n) is 5.99. The summed E-state index contributed by atoms with van der Waals surface area (Å²) in [5, 5.41) is 23.7. The minimum Gasteiger partial charge on any atom is -0.395 e. The molecule has 3 heterocycles. The van der Waals surface area contributed by atoms with Crippen molar-refractivity contribution in [2.45, 2.75) is 51.2 Å². The van der Waals surface area contributed by atoms with E-state index in [4.69, 9.17) is 10.1 Å². The average molecular weight is 462 g/mol. The lowest BCUT2D eigenvalue weighted by atomic mass is 9.93. The summed E-state index contributed by atoms with van der Waals surface area (Å²) in [5.41, 5.74) is 4.42. The fourth-order valence-corrected chi connectivity index (χ4v) is 5.12. The van der Waals surface area contributed by atoms with Crippen LogP contribution in [0.15, 0.2) is 30.5 Å². The second-order valence-electron chi connectivity index (χ2n) is 8.73. The second-order valence-corrected chi connectivity index (χ2v) is 9.76. The summed E-state index contributed by atoms with van der Waals surface area (Å²) < 4.78 is 1.12. The molecule has 170 valence electrons. The zero-order valence-corrected chi connectivity index (χ0v) is 19.3. The number of aromatic amines is 1. The van der Waals surface area contributed by atoms with Gasteiger partial charge in [0.25, 0.3) is 0 Å². The maximum absolute atomic E-state index is 10.2. The molecule has 1 aromatic carbocycles. The van der Waals surface area contributed by atoms with Crippen LogP contribution < -0.4 is 5.32 Å². The normalized spacial score (nSPS) is 19.4. The average Bonchev–Trinajstić information content (AvgIpc) is 3.41. The molecule has 3 unspecified atom stereocenters. The molecule has 33 heavy (non-hydrogen) atoms. The van der Waals surface area contributed by atoms with Crippen LogP contribution >= 0.6 is 11.3 Å². The first-order valence-electron chi connectivity index (χ1n) is 11.4. The van der Waals surface area contributed by atoms with E-state index in [1.165, 1.54) is 0 Å². The fraction of sp³-hybridized carbons (Fsp3) is 0.400. The molecule has 1 fully saturated rings. The lowest BCUT2D eigenvalue weighted by molar-refractivity contribution is 0.116. The summed E-state index contributed by atoms with van der Waals surface area (Å²) >= 11 is 1.62. The van der Waals surface area contributed by atoms with Gasteiger partial charge in [-0.25, -0.2) is 15.0 Å². The van der Waals surface area contributed by atoms with Gasteiger partial charge in [0.1, 0.15) is 5.82 Å². The van der Waals surface area contributed by atoms with Gasteiger partial charge in [0.15, 0.2) is 10.8 Å². The lowest BCUT2D eigenvalue weighted by Crippen LogP contribution is -2.36. The lowest BCUT2D eigenvalue weighted by Gasteiger charge is -2.27. The third kappa shape index (κ3) is 5.01. The molecule has 8 heteroatoms. The van der Waals surface area contributed by atoms with E-state index in [-0.39, 0.29) is 24.7 Å². The van der Waals surface area contributed by atoms with E-state index in [2.05, 4.69) is 44.2 Å². The van der Waals surface area contributed by atoms with Gasteiger partial charge in [-0.3, -0.25) is 0 Å². The Bertz CT molecular complexity index is 1340. The molecular formula is C25H27N5O2S. The quantitative estimate of drug-likeness (QED) is 0.336. The predicted molar refractivity (Wildman–Crippen MR) is 131 cm³/mol. The topological polar surface area (TPSA) is 107 Å². The fourth-order valence-electron chi connectivity index (χ4n) is 4.13. The van der Waals surface area contributed by atoms with Crippen LogP contribution in [0.25, 0.3) is 21.4 Å². The van der Waals surface area contributed by atoms with E-state index < -0.39 is 0 Å². The molecule has 3 aromatic heterocycles. The molecule has 1 aliphatic carbocycles. The van der Waals surface area contributed by atoms with Crippen LogP contribution in [-0.4, -0.2) is 48.9 Å². The van der Waals surface area contributed by atoms with Crippen LogP contribution in [0.3, 0.4) is 0 Å². The van der Waals surface area contributed by atoms with E-state index in [1.54, 1.807) is 17.5 Å². The highest BCUT2D eigenvalue weighted by molar-refractivity contribution is 7.22. The minimum atomic E-state index is -0.299. The molecular weight excluding hydrogens is 434 g/mol. The number of nitrogens with zero attached hydrogens (tertiary/aromatic N) is 3. The first kappa shape index (κ1) is 21.8. The van der Waals surface area contributed by atoms with Gasteiger partial charge in [-0.1, -0.05) is 42.1 Å². The number of anilines is 1. The van der Waals surface area contributed by atoms with Gasteiger partial charge in [0, 0.05) is 24.1 Å². The first-order chi connectivity index (χ1) is 16.1. The van der Waals surface area contributed by atoms with Crippen molar-refractivity contribution in [3.63, 3.8) is 0 Å². The number of nitrogens with one attached hydrogen (secondary N) is 2. The van der Waals surface area contributed by atoms with Gasteiger partial charge in [-0.05, 0) is 43.5 Å². The second kappa shape index (κ2) is 9.48. The molecule has 0 spiro atoms. The minimum absolute atomic E-state index is 0.0427. The molecule has 1 aliphatic rings. The van der Waals surface area contributed by atoms with Crippen molar-refractivity contribution in [3.8, 4) is 11.8 Å². The Morgan fingerprint density at radius 3 is 2.97 bits per heavy atom. The largest absolute Gasteiger partial charge is 0.395 e. The summed E-state index contributed by atoms with van der Waals surface area (Å²) in [6, 6.07) is 8.31. The van der Waals surface area contributed by atoms with Crippen molar-refractivity contribution in [1.29, 1.82) is 0 Å². The Morgan fingerprint density at radius 2 is 2.12 bits per heavy atom. The number of fused-ring (bicyclic) bond motifs is 2. The highest BCUT2D eigenvalue weighted by atomic mass is 32.1. The number of aliphatic hydroxyl groups excluding tert-OH is 2. The van der Waals surface area contributed by atoms with Gasteiger partial charge in [-0.2, -0.15) is 0 Å². The van der Waals surface area contributed by atoms with E-state index in [0.717, 1.165) is 63.5 Å². The highest BCUT2D eigenvalue weighted by Gasteiger charge is 2.23. The summed E-state index contributed by atoms with van der Waals surface area (Å²) in [5.74, 6) is 6.84. The Balaban J connectivity index is 1.32. The summed E-state index contributed by atoms with van der Waals surface area (Å²) in [7, 11) is 0. The number of pyridine rings is 1. The summed E-state index contributed by atoms with van der Waals surface area (Å²) in [6.45, 7) is 1.92. The smallest absolute Gasteiger partial charge is 0.184 e. The van der Waals surface area contributed by atoms with E-state index >= 15 is 0 Å². The molecule has 0 radical (unpaired) electrons. The molecule has 0 bridgehead atoms. The Kier molecular flexibility index (Phi) is 6.27. The standard InChI is InChI=1S/C25H27N5O2S/c1-15(14-31)6-7-17-10-20-24(26-13-17)30-23(27-20)12-16-8-9-19-22(11-16)33-25(29-19)28-18-4-2-3-5-21(18)32/h8-11,13,15,18,21,31-32H,2-5,12,14H2,1H3,(H,28,29)(H,26,27,30). The first-order valence-corrected chi connectivity index (χ1v) is 12.2. The summed E-state index contributed by atoms with van der Waals surface area (Å²) in [6.07, 6.45) is 6.16. The maximum atomic E-state index is 10.2. The molecule has 5 rings (SSSR count). The Morgan fingerprint density at radius 1 is 1.24 bits per heavy atom. The third-order valence-corrected chi connectivity index (χ3v) is 6.94. The monoisotopic (exact) mass is 461 g/mol. The highest BCUT2D eigenvalue weighted by Crippen LogP contribution is 2.30. The van der Waals surface area contributed by atoms with Crippen LogP contribution in [0.4, 0.5) is 5.13 Å². The number of hydrogen-bond donors (Lipinski definition) is 4. The van der Waals surface area contributed by atoms with Crippen molar-refractivity contribution in [1.82, 2.24) is 19.9 Å². The van der Waals surface area contributed by atoms with Gasteiger partial charge in [0.05, 0.1) is 34.5 Å². The van der Waals surface area contributed by atoms with Gasteiger partial charge in [0.2, 0.25) is 0 Å². The van der Waals surface area contributed by atoms with Crippen molar-refractivity contribution in [2.24, 2.45) is 5.92 Å². The molecule has 3 atom stereocenters. The Hall–Kier alpha value is -2.99. The van der Waals surface area contributed by atoms with E-state index in [9.17, 15) is 5.11 Å². The SMILES string of the molecule is CC(C#Cc1cnc2nc(Cc3ccc4nc(NC5CCCCC5O)sc4c3)[nH]c2c1)CO. The maximum Gasteiger partial charge on any atom is 0.184 e. The number of rotatable bonds is 5. The Labute approximate surface area is 196 Å². The van der Waals surface area contributed by atoms with Gasteiger partial charge < -0.3 is 20.5 Å². The van der Waals surface area contributed by atoms with Crippen LogP contribution in [0.2, 0.25) is 0 Å². The number of thiazole rings is 1. The van der Waals surface area contributed by atoms with Crippen LogP contribution in [0.1, 0.15) is 49.6 Å².